The Morgan fingerprint density at radius 3 is 2.37 bits per heavy atom. The number of amides is 1. The topological polar surface area (TPSA) is 98.6 Å². The highest BCUT2D eigenvalue weighted by molar-refractivity contribution is 7.81. The Labute approximate surface area is 222 Å². The van der Waals surface area contributed by atoms with E-state index in [0.717, 1.165) is 36.8 Å². The van der Waals surface area contributed by atoms with E-state index in [9.17, 15) is 22.8 Å². The minimum absolute atomic E-state index is 0.104. The molecule has 198 valence electrons. The number of hydrogen-bond donors (Lipinski definition) is 2. The number of aromatic nitrogens is 1. The van der Waals surface area contributed by atoms with Crippen LogP contribution in [0.4, 0.5) is 24.5 Å². The van der Waals surface area contributed by atoms with Gasteiger partial charge in [-0.15, -0.1) is 12.6 Å². The molecule has 4 heterocycles. The second-order valence-corrected chi connectivity index (χ2v) is 10.7. The van der Waals surface area contributed by atoms with Crippen LogP contribution in [0.5, 0.6) is 5.75 Å². The monoisotopic (exact) mass is 543 g/mol. The van der Waals surface area contributed by atoms with E-state index in [2.05, 4.69) is 22.9 Å². The third-order valence-corrected chi connectivity index (χ3v) is 8.49. The van der Waals surface area contributed by atoms with Gasteiger partial charge in [0, 0.05) is 24.2 Å². The SMILES string of the molecule is N#Cc1ncc(N2C(=O)C3(CCC3=O)N(c3ccc(OC4CC5CCC(C4)N5)cc3)C2S)cc1C(F)(F)F. The number of halogens is 3. The highest BCUT2D eigenvalue weighted by atomic mass is 32.1. The van der Waals surface area contributed by atoms with E-state index in [4.69, 9.17) is 10.00 Å². The Morgan fingerprint density at radius 1 is 1.13 bits per heavy atom. The summed E-state index contributed by atoms with van der Waals surface area (Å²) >= 11 is 4.59. The van der Waals surface area contributed by atoms with Crippen molar-refractivity contribution in [3.05, 3.63) is 47.8 Å². The van der Waals surface area contributed by atoms with Gasteiger partial charge in [0.05, 0.1) is 17.4 Å². The van der Waals surface area contributed by atoms with Gasteiger partial charge in [-0.1, -0.05) is 0 Å². The summed E-state index contributed by atoms with van der Waals surface area (Å²) in [7, 11) is 0. The lowest BCUT2D eigenvalue weighted by Gasteiger charge is -2.42. The fourth-order valence-corrected chi connectivity index (χ4v) is 6.71. The minimum Gasteiger partial charge on any atom is -0.490 e. The summed E-state index contributed by atoms with van der Waals surface area (Å²) in [4.78, 5) is 32.8. The molecule has 6 rings (SSSR count). The zero-order valence-electron chi connectivity index (χ0n) is 20.1. The van der Waals surface area contributed by atoms with Crippen LogP contribution in [-0.4, -0.2) is 45.9 Å². The molecule has 3 aliphatic heterocycles. The van der Waals surface area contributed by atoms with Gasteiger partial charge in [-0.3, -0.25) is 14.5 Å². The van der Waals surface area contributed by atoms with Gasteiger partial charge >= 0.3 is 6.18 Å². The molecule has 1 aromatic heterocycles. The third kappa shape index (κ3) is 3.82. The quantitative estimate of drug-likeness (QED) is 0.447. The zero-order valence-corrected chi connectivity index (χ0v) is 21.0. The second-order valence-electron chi connectivity index (χ2n) is 10.2. The van der Waals surface area contributed by atoms with Gasteiger partial charge in [-0.2, -0.15) is 18.4 Å². The smallest absolute Gasteiger partial charge is 0.419 e. The summed E-state index contributed by atoms with van der Waals surface area (Å²) in [5, 5.41) is 12.7. The van der Waals surface area contributed by atoms with Crippen LogP contribution < -0.4 is 19.9 Å². The third-order valence-electron chi connectivity index (χ3n) is 8.03. The molecule has 0 radical (unpaired) electrons. The maximum Gasteiger partial charge on any atom is 0.419 e. The maximum absolute atomic E-state index is 13.6. The Hall–Kier alpha value is -3.30. The Kier molecular flexibility index (Phi) is 5.84. The number of carbonyl (C=O) groups excluding carboxylic acids is 2. The van der Waals surface area contributed by atoms with Crippen LogP contribution in [-0.2, 0) is 15.8 Å². The molecule has 4 aliphatic rings. The normalized spacial score (nSPS) is 30.5. The van der Waals surface area contributed by atoms with Crippen molar-refractivity contribution >= 4 is 35.7 Å². The van der Waals surface area contributed by atoms with Crippen LogP contribution in [0.2, 0.25) is 0 Å². The fraction of sp³-hybridized carbons (Fsp3) is 0.462. The highest BCUT2D eigenvalue weighted by Crippen LogP contribution is 2.49. The van der Waals surface area contributed by atoms with Crippen LogP contribution >= 0.6 is 12.6 Å². The number of pyridine rings is 1. The summed E-state index contributed by atoms with van der Waals surface area (Å²) in [6, 6.07) is 10.1. The number of fused-ring (bicyclic) bond motifs is 2. The predicted molar refractivity (Wildman–Crippen MR) is 134 cm³/mol. The molecular weight excluding hydrogens is 519 g/mol. The number of nitrogens with one attached hydrogen (secondary N) is 1. The highest BCUT2D eigenvalue weighted by Gasteiger charge is 2.66. The molecule has 1 aliphatic carbocycles. The van der Waals surface area contributed by atoms with Crippen molar-refractivity contribution in [1.82, 2.24) is 10.3 Å². The number of nitriles is 1. The number of Topliss-reactive ketones (excluding diaryl/α,β-unsaturated/α-hetero) is 1. The number of rotatable bonds is 4. The number of ketones is 1. The maximum atomic E-state index is 13.6. The fourth-order valence-electron chi connectivity index (χ4n) is 6.14. The van der Waals surface area contributed by atoms with E-state index in [0.29, 0.717) is 29.6 Å². The van der Waals surface area contributed by atoms with Crippen molar-refractivity contribution in [2.75, 3.05) is 9.80 Å². The molecule has 12 heteroatoms. The summed E-state index contributed by atoms with van der Waals surface area (Å²) in [5.41, 5.74) is -4.37. The number of thiol groups is 1. The molecule has 2 aromatic rings. The first kappa shape index (κ1) is 25.0. The predicted octanol–water partition coefficient (Wildman–Crippen LogP) is 3.80. The van der Waals surface area contributed by atoms with Gasteiger partial charge in [0.15, 0.2) is 22.5 Å². The van der Waals surface area contributed by atoms with Crippen molar-refractivity contribution in [1.29, 1.82) is 5.26 Å². The summed E-state index contributed by atoms with van der Waals surface area (Å²) < 4.78 is 47.0. The zero-order chi connectivity index (χ0) is 26.8. The number of hydrogen-bond acceptors (Lipinski definition) is 8. The van der Waals surface area contributed by atoms with E-state index in [1.165, 1.54) is 6.07 Å². The number of alkyl halides is 3. The first-order chi connectivity index (χ1) is 18.1. The molecule has 4 atom stereocenters. The molecule has 3 saturated heterocycles. The summed E-state index contributed by atoms with van der Waals surface area (Å²) in [6.45, 7) is 0. The van der Waals surface area contributed by atoms with Crippen molar-refractivity contribution in [2.24, 2.45) is 0 Å². The van der Waals surface area contributed by atoms with Crippen LogP contribution in [0.3, 0.4) is 0 Å². The van der Waals surface area contributed by atoms with Gasteiger partial charge < -0.3 is 15.0 Å². The number of anilines is 2. The number of carbonyl (C=O) groups is 2. The molecule has 1 saturated carbocycles. The Balaban J connectivity index is 1.30. The van der Waals surface area contributed by atoms with Gasteiger partial charge in [-0.25, -0.2) is 4.98 Å². The Bertz CT molecular complexity index is 1340. The first-order valence-corrected chi connectivity index (χ1v) is 13.0. The lowest BCUT2D eigenvalue weighted by Crippen LogP contribution is -2.62. The van der Waals surface area contributed by atoms with Gasteiger partial charge in [-0.05, 0) is 62.4 Å². The molecule has 38 heavy (non-hydrogen) atoms. The minimum atomic E-state index is -4.85. The number of ether oxygens (including phenoxy) is 1. The van der Waals surface area contributed by atoms with Crippen molar-refractivity contribution < 1.29 is 27.5 Å². The molecule has 8 nitrogen and oxygen atoms in total. The van der Waals surface area contributed by atoms with Crippen LogP contribution in [0, 0.1) is 11.3 Å². The van der Waals surface area contributed by atoms with Crippen molar-refractivity contribution in [2.45, 2.75) is 73.9 Å². The van der Waals surface area contributed by atoms with E-state index < -0.39 is 34.4 Å². The number of nitrogens with zero attached hydrogens (tertiary/aromatic N) is 4. The van der Waals surface area contributed by atoms with E-state index >= 15 is 0 Å². The Morgan fingerprint density at radius 2 is 1.82 bits per heavy atom. The largest absolute Gasteiger partial charge is 0.490 e. The number of piperidine rings is 1. The lowest BCUT2D eigenvalue weighted by atomic mass is 9.73. The van der Waals surface area contributed by atoms with Crippen LogP contribution in [0.15, 0.2) is 36.5 Å². The van der Waals surface area contributed by atoms with E-state index in [1.54, 1.807) is 29.2 Å². The molecule has 4 unspecified atom stereocenters. The van der Waals surface area contributed by atoms with E-state index in [-0.39, 0.29) is 30.4 Å². The summed E-state index contributed by atoms with van der Waals surface area (Å²) in [6.07, 6.45) is 0.843. The molecule has 4 fully saturated rings. The molecular formula is C26H24F3N5O3S. The average molecular weight is 544 g/mol. The molecule has 1 spiro atoms. The summed E-state index contributed by atoms with van der Waals surface area (Å²) in [5.74, 6) is -0.329. The lowest BCUT2D eigenvalue weighted by molar-refractivity contribution is -0.140. The molecule has 1 aromatic carbocycles. The van der Waals surface area contributed by atoms with Gasteiger partial charge in [0.1, 0.15) is 17.9 Å². The second kappa shape index (κ2) is 8.88. The molecule has 1 amide bonds. The van der Waals surface area contributed by atoms with Crippen LogP contribution in [0.25, 0.3) is 0 Å². The van der Waals surface area contributed by atoms with Gasteiger partial charge in [0.2, 0.25) is 0 Å². The van der Waals surface area contributed by atoms with Gasteiger partial charge in [0.25, 0.3) is 5.91 Å². The van der Waals surface area contributed by atoms with E-state index in [1.807, 2.05) is 0 Å². The average Bonchev–Trinajstić information content (AvgIpc) is 3.35. The number of benzene rings is 1. The first-order valence-electron chi connectivity index (χ1n) is 12.5. The molecule has 1 N–H and O–H groups in total. The van der Waals surface area contributed by atoms with Crippen LogP contribution in [0.1, 0.15) is 49.8 Å². The standard InChI is InChI=1S/C26H24F3N5O3S/c27-26(28,29)20-11-17(13-31-21(20)12-30)33-23(36)25(8-7-22(25)35)34(24(33)38)16-3-5-18(6-4-16)37-19-9-14-1-2-15(10-19)32-14/h3-6,11,13-15,19,24,32,38H,1-2,7-10H2. The van der Waals surface area contributed by atoms with Crippen molar-refractivity contribution in [3.63, 3.8) is 0 Å². The molecule has 2 bridgehead atoms. The van der Waals surface area contributed by atoms with Crippen molar-refractivity contribution in [3.8, 4) is 11.8 Å².